The fourth-order valence-corrected chi connectivity index (χ4v) is 2.93. The molecular formula is C13H20N6O. The first kappa shape index (κ1) is 13.2. The minimum Gasteiger partial charge on any atom is -0.383 e. The molecule has 20 heavy (non-hydrogen) atoms. The van der Waals surface area contributed by atoms with Gasteiger partial charge in [-0.15, -0.1) is 14.8 Å². The standard InChI is InChI=1S/C13H20N6O/c1-10-3-4-11(9-10)18(7-8-20-2)13-6-5-12-14-16-17-19(12)15-13/h5-6,10-11H,3-4,7-9H2,1-2H3. The highest BCUT2D eigenvalue weighted by atomic mass is 16.5. The lowest BCUT2D eigenvalue weighted by Crippen LogP contribution is -2.37. The number of hydrogen-bond donors (Lipinski definition) is 0. The van der Waals surface area contributed by atoms with Crippen LogP contribution < -0.4 is 4.90 Å². The topological polar surface area (TPSA) is 68.4 Å². The Hall–Kier alpha value is -1.76. The van der Waals surface area contributed by atoms with Crippen LogP contribution in [0.2, 0.25) is 0 Å². The van der Waals surface area contributed by atoms with Gasteiger partial charge in [-0.3, -0.25) is 0 Å². The molecule has 0 spiro atoms. The van der Waals surface area contributed by atoms with Gasteiger partial charge in [-0.1, -0.05) is 6.92 Å². The van der Waals surface area contributed by atoms with Gasteiger partial charge in [0.1, 0.15) is 0 Å². The molecular weight excluding hydrogens is 256 g/mol. The molecule has 1 aliphatic rings. The number of rotatable bonds is 5. The van der Waals surface area contributed by atoms with Crippen LogP contribution in [0, 0.1) is 5.92 Å². The lowest BCUT2D eigenvalue weighted by molar-refractivity contribution is 0.202. The maximum atomic E-state index is 5.24. The van der Waals surface area contributed by atoms with Gasteiger partial charge < -0.3 is 9.64 Å². The summed E-state index contributed by atoms with van der Waals surface area (Å²) < 4.78 is 6.72. The van der Waals surface area contributed by atoms with E-state index >= 15 is 0 Å². The van der Waals surface area contributed by atoms with Crippen molar-refractivity contribution in [1.82, 2.24) is 25.3 Å². The highest BCUT2D eigenvalue weighted by molar-refractivity contribution is 5.45. The maximum absolute atomic E-state index is 5.24. The Kier molecular flexibility index (Phi) is 3.77. The molecule has 0 radical (unpaired) electrons. The van der Waals surface area contributed by atoms with Gasteiger partial charge in [0.25, 0.3) is 0 Å². The van der Waals surface area contributed by atoms with Gasteiger partial charge in [-0.2, -0.15) is 0 Å². The number of tetrazole rings is 1. The molecule has 2 atom stereocenters. The molecule has 1 aliphatic carbocycles. The average Bonchev–Trinajstić information content (AvgIpc) is 3.07. The van der Waals surface area contributed by atoms with Gasteiger partial charge in [0.15, 0.2) is 11.5 Å². The molecule has 2 aromatic heterocycles. The van der Waals surface area contributed by atoms with E-state index < -0.39 is 0 Å². The monoisotopic (exact) mass is 276 g/mol. The molecule has 0 amide bonds. The second-order valence-electron chi connectivity index (χ2n) is 5.48. The summed E-state index contributed by atoms with van der Waals surface area (Å²) in [6, 6.07) is 4.42. The molecule has 0 aliphatic heterocycles. The summed E-state index contributed by atoms with van der Waals surface area (Å²) in [4.78, 5) is 2.33. The molecule has 3 rings (SSSR count). The van der Waals surface area contributed by atoms with Gasteiger partial charge in [-0.05, 0) is 47.7 Å². The molecule has 7 heteroatoms. The van der Waals surface area contributed by atoms with E-state index in [9.17, 15) is 0 Å². The zero-order valence-corrected chi connectivity index (χ0v) is 11.9. The Morgan fingerprint density at radius 1 is 1.40 bits per heavy atom. The van der Waals surface area contributed by atoms with Crippen LogP contribution in [0.25, 0.3) is 5.65 Å². The molecule has 2 heterocycles. The molecule has 0 aromatic carbocycles. The number of hydrogen-bond acceptors (Lipinski definition) is 6. The van der Waals surface area contributed by atoms with E-state index in [1.807, 2.05) is 12.1 Å². The van der Waals surface area contributed by atoms with Gasteiger partial charge in [0.05, 0.1) is 6.61 Å². The molecule has 2 aromatic rings. The predicted molar refractivity (Wildman–Crippen MR) is 74.6 cm³/mol. The largest absolute Gasteiger partial charge is 0.383 e. The summed E-state index contributed by atoms with van der Waals surface area (Å²) in [7, 11) is 1.73. The highest BCUT2D eigenvalue weighted by Crippen LogP contribution is 2.31. The lowest BCUT2D eigenvalue weighted by atomic mass is 10.1. The predicted octanol–water partition coefficient (Wildman–Crippen LogP) is 1.16. The van der Waals surface area contributed by atoms with E-state index in [-0.39, 0.29) is 0 Å². The molecule has 1 fully saturated rings. The van der Waals surface area contributed by atoms with Crippen LogP contribution in [0.1, 0.15) is 26.2 Å². The van der Waals surface area contributed by atoms with Crippen LogP contribution in [0.4, 0.5) is 5.82 Å². The summed E-state index contributed by atoms with van der Waals surface area (Å²) >= 11 is 0. The van der Waals surface area contributed by atoms with Crippen molar-refractivity contribution in [1.29, 1.82) is 0 Å². The fraction of sp³-hybridized carbons (Fsp3) is 0.692. The number of aromatic nitrogens is 5. The second-order valence-corrected chi connectivity index (χ2v) is 5.48. The number of anilines is 1. The van der Waals surface area contributed by atoms with Crippen LogP contribution in [-0.2, 0) is 4.74 Å². The van der Waals surface area contributed by atoms with Crippen LogP contribution in [0.5, 0.6) is 0 Å². The Morgan fingerprint density at radius 2 is 2.30 bits per heavy atom. The molecule has 0 N–H and O–H groups in total. The number of ether oxygens (including phenoxy) is 1. The van der Waals surface area contributed by atoms with Gasteiger partial charge in [-0.25, -0.2) is 0 Å². The summed E-state index contributed by atoms with van der Waals surface area (Å²) in [5, 5.41) is 15.9. The quantitative estimate of drug-likeness (QED) is 0.816. The van der Waals surface area contributed by atoms with Crippen molar-refractivity contribution < 1.29 is 4.74 Å². The van der Waals surface area contributed by atoms with Crippen molar-refractivity contribution in [2.75, 3.05) is 25.2 Å². The Bertz CT molecular complexity index is 571. The first-order valence-electron chi connectivity index (χ1n) is 7.09. The maximum Gasteiger partial charge on any atom is 0.200 e. The smallest absolute Gasteiger partial charge is 0.200 e. The minimum absolute atomic E-state index is 0.529. The van der Waals surface area contributed by atoms with Gasteiger partial charge in [0.2, 0.25) is 0 Å². The molecule has 1 saturated carbocycles. The van der Waals surface area contributed by atoms with Gasteiger partial charge in [0, 0.05) is 19.7 Å². The summed E-state index contributed by atoms with van der Waals surface area (Å²) in [5.74, 6) is 1.70. The highest BCUT2D eigenvalue weighted by Gasteiger charge is 2.28. The summed E-state index contributed by atoms with van der Waals surface area (Å²) in [5.41, 5.74) is 0.667. The zero-order valence-electron chi connectivity index (χ0n) is 11.9. The molecule has 0 saturated heterocycles. The molecule has 0 bridgehead atoms. The Morgan fingerprint density at radius 3 is 3.05 bits per heavy atom. The average molecular weight is 276 g/mol. The molecule has 108 valence electrons. The fourth-order valence-electron chi connectivity index (χ4n) is 2.93. The van der Waals surface area contributed by atoms with Crippen LogP contribution in [0.3, 0.4) is 0 Å². The van der Waals surface area contributed by atoms with E-state index in [2.05, 4.69) is 32.4 Å². The van der Waals surface area contributed by atoms with E-state index in [4.69, 9.17) is 4.74 Å². The first-order valence-corrected chi connectivity index (χ1v) is 7.09. The zero-order chi connectivity index (χ0) is 13.9. The van der Waals surface area contributed by atoms with Crippen molar-refractivity contribution in [3.63, 3.8) is 0 Å². The van der Waals surface area contributed by atoms with E-state index in [0.717, 1.165) is 18.3 Å². The van der Waals surface area contributed by atoms with Crippen LogP contribution in [-0.4, -0.2) is 51.6 Å². The van der Waals surface area contributed by atoms with Crippen LogP contribution in [0.15, 0.2) is 12.1 Å². The van der Waals surface area contributed by atoms with Crippen LogP contribution >= 0.6 is 0 Å². The summed E-state index contributed by atoms with van der Waals surface area (Å²) in [6.45, 7) is 3.85. The number of fused-ring (bicyclic) bond motifs is 1. The second kappa shape index (κ2) is 5.70. The molecule has 7 nitrogen and oxygen atoms in total. The van der Waals surface area contributed by atoms with Crippen molar-refractivity contribution in [3.05, 3.63) is 12.1 Å². The third-order valence-electron chi connectivity index (χ3n) is 3.99. The Labute approximate surface area is 117 Å². The van der Waals surface area contributed by atoms with Crippen molar-refractivity contribution in [2.45, 2.75) is 32.2 Å². The number of nitrogens with zero attached hydrogens (tertiary/aromatic N) is 6. The van der Waals surface area contributed by atoms with Crippen molar-refractivity contribution in [2.24, 2.45) is 5.92 Å². The summed E-state index contributed by atoms with van der Waals surface area (Å²) in [6.07, 6.45) is 3.69. The van der Waals surface area contributed by atoms with Crippen molar-refractivity contribution in [3.8, 4) is 0 Å². The van der Waals surface area contributed by atoms with Gasteiger partial charge >= 0.3 is 0 Å². The SMILES string of the molecule is COCCN(c1ccc2nnnn2n1)C1CCC(C)C1. The first-order chi connectivity index (χ1) is 9.78. The lowest BCUT2D eigenvalue weighted by Gasteiger charge is -2.29. The third-order valence-corrected chi connectivity index (χ3v) is 3.99. The third kappa shape index (κ3) is 2.58. The van der Waals surface area contributed by atoms with E-state index in [0.29, 0.717) is 18.3 Å². The van der Waals surface area contributed by atoms with E-state index in [1.165, 1.54) is 23.9 Å². The number of methoxy groups -OCH3 is 1. The van der Waals surface area contributed by atoms with E-state index in [1.54, 1.807) is 7.11 Å². The Balaban J connectivity index is 1.86. The van der Waals surface area contributed by atoms with Crippen molar-refractivity contribution >= 4 is 11.5 Å². The molecule has 2 unspecified atom stereocenters. The normalized spacial score (nSPS) is 22.5. The minimum atomic E-state index is 0.529.